The van der Waals surface area contributed by atoms with Gasteiger partial charge in [0, 0.05) is 94.5 Å². The molecule has 1 unspecified atom stereocenters. The van der Waals surface area contributed by atoms with E-state index in [1.54, 1.807) is 29.4 Å². The highest BCUT2D eigenvalue weighted by Gasteiger charge is 2.42. The van der Waals surface area contributed by atoms with Gasteiger partial charge in [0.15, 0.2) is 22.3 Å². The van der Waals surface area contributed by atoms with Crippen LogP contribution in [0.5, 0.6) is 0 Å². The Morgan fingerprint density at radius 2 is 1.77 bits per heavy atom. The molecule has 342 valence electrons. The minimum atomic E-state index is -1.02. The number of nitrogen functional groups attached to an aromatic ring is 1. The van der Waals surface area contributed by atoms with Gasteiger partial charge in [-0.3, -0.25) is 19.8 Å². The zero-order chi connectivity index (χ0) is 45.0. The molecule has 1 aromatic carbocycles. The Bertz CT molecular complexity index is 2600. The highest BCUT2D eigenvalue weighted by atomic mass is 35.5. The smallest absolute Gasteiger partial charge is 0.411 e. The number of piperazine rings is 1. The number of carbonyl (C=O) groups excluding carboxylic acids is 3. The van der Waals surface area contributed by atoms with Gasteiger partial charge in [0.05, 0.1) is 16.6 Å². The SMILES string of the molecule is CC(C)n1nc(-c2noc(C3CC3)c2-c2ncc(C3CN(C(=O)OC4(Cl)CCC(CCN5CCN(c6ccc(NC7CCC(=O)NC7=O)cc6F)CC5)CC4)C3)cn2)c2c(N)ncnc21. The number of anilines is 3. The molecule has 7 heterocycles. The van der Waals surface area contributed by atoms with E-state index in [0.29, 0.717) is 102 Å². The maximum atomic E-state index is 15.2. The fourth-order valence-electron chi connectivity index (χ4n) is 9.53. The number of aromatic nitrogens is 7. The summed E-state index contributed by atoms with van der Waals surface area (Å²) in [6.07, 6.45) is 11.2. The molecule has 4 N–H and O–H groups in total. The number of ether oxygens (including phenoxy) is 1. The second-order valence-electron chi connectivity index (χ2n) is 18.5. The topological polar surface area (TPSA) is 216 Å². The molecule has 3 amide bonds. The molecule has 20 heteroatoms. The molecule has 3 aliphatic heterocycles. The van der Waals surface area contributed by atoms with Crippen molar-refractivity contribution >= 4 is 57.7 Å². The van der Waals surface area contributed by atoms with E-state index in [1.165, 1.54) is 12.4 Å². The van der Waals surface area contributed by atoms with Crippen molar-refractivity contribution in [2.75, 3.05) is 61.8 Å². The number of nitrogens with zero attached hydrogens (tertiary/aromatic N) is 10. The van der Waals surface area contributed by atoms with Crippen LogP contribution in [-0.4, -0.2) is 119 Å². The highest BCUT2D eigenvalue weighted by molar-refractivity contribution is 6.23. The van der Waals surface area contributed by atoms with Gasteiger partial charge < -0.3 is 30.1 Å². The number of carbonyl (C=O) groups is 3. The predicted molar refractivity (Wildman–Crippen MR) is 239 cm³/mol. The summed E-state index contributed by atoms with van der Waals surface area (Å²) in [5.41, 5.74) is 10.7. The number of halogens is 2. The van der Waals surface area contributed by atoms with Gasteiger partial charge in [-0.05, 0) is 88.6 Å². The van der Waals surface area contributed by atoms with Crippen LogP contribution in [0.25, 0.3) is 33.8 Å². The largest absolute Gasteiger partial charge is 0.427 e. The summed E-state index contributed by atoms with van der Waals surface area (Å²) in [7, 11) is 0. The first-order valence-electron chi connectivity index (χ1n) is 22.7. The second kappa shape index (κ2) is 17.5. The lowest BCUT2D eigenvalue weighted by Crippen LogP contribution is -2.51. The molecular formula is C45H53ClFN13O5. The van der Waals surface area contributed by atoms with Crippen molar-refractivity contribution in [3.05, 3.63) is 54.1 Å². The van der Waals surface area contributed by atoms with E-state index in [0.717, 1.165) is 63.1 Å². The van der Waals surface area contributed by atoms with Gasteiger partial charge in [-0.25, -0.2) is 33.8 Å². The average Bonchev–Trinajstić information content (AvgIpc) is 3.90. The van der Waals surface area contributed by atoms with Crippen LogP contribution >= 0.6 is 11.6 Å². The van der Waals surface area contributed by atoms with Crippen LogP contribution in [0, 0.1) is 11.7 Å². The lowest BCUT2D eigenvalue weighted by atomic mass is 9.84. The van der Waals surface area contributed by atoms with E-state index in [1.807, 2.05) is 18.5 Å². The van der Waals surface area contributed by atoms with Gasteiger partial charge in [-0.1, -0.05) is 16.8 Å². The van der Waals surface area contributed by atoms with Gasteiger partial charge in [0.2, 0.25) is 11.8 Å². The van der Waals surface area contributed by atoms with Crippen molar-refractivity contribution in [3.63, 3.8) is 0 Å². The number of benzene rings is 1. The lowest BCUT2D eigenvalue weighted by Gasteiger charge is -2.42. The number of nitrogens with one attached hydrogen (secondary N) is 2. The highest BCUT2D eigenvalue weighted by Crippen LogP contribution is 2.48. The summed E-state index contributed by atoms with van der Waals surface area (Å²) in [5.74, 6) is 1.26. The van der Waals surface area contributed by atoms with Crippen LogP contribution in [0.4, 0.5) is 26.4 Å². The van der Waals surface area contributed by atoms with E-state index in [9.17, 15) is 14.4 Å². The third-order valence-corrected chi connectivity index (χ3v) is 14.1. The number of hydrogen-bond donors (Lipinski definition) is 3. The fraction of sp³-hybridized carbons (Fsp3) is 0.533. The minimum absolute atomic E-state index is 0.0179. The van der Waals surface area contributed by atoms with Crippen molar-refractivity contribution in [2.24, 2.45) is 5.92 Å². The second-order valence-corrected chi connectivity index (χ2v) is 19.1. The zero-order valence-corrected chi connectivity index (χ0v) is 37.3. The third kappa shape index (κ3) is 8.79. The summed E-state index contributed by atoms with van der Waals surface area (Å²) in [6, 6.07) is 4.40. The maximum absolute atomic E-state index is 15.2. The van der Waals surface area contributed by atoms with Gasteiger partial charge in [-0.15, -0.1) is 0 Å². The summed E-state index contributed by atoms with van der Waals surface area (Å²) < 4.78 is 28.9. The summed E-state index contributed by atoms with van der Waals surface area (Å²) in [4.78, 5) is 61.3. The normalized spacial score (nSPS) is 23.2. The molecule has 5 fully saturated rings. The molecule has 3 saturated heterocycles. The first kappa shape index (κ1) is 43.0. The molecule has 5 aromatic rings. The zero-order valence-electron chi connectivity index (χ0n) is 36.5. The molecule has 5 aliphatic rings. The van der Waals surface area contributed by atoms with Gasteiger partial charge >= 0.3 is 6.09 Å². The van der Waals surface area contributed by atoms with Crippen molar-refractivity contribution in [1.29, 1.82) is 0 Å². The number of nitrogens with two attached hydrogens (primary N) is 1. The number of hydrogen-bond acceptors (Lipinski definition) is 15. The molecule has 2 saturated carbocycles. The molecule has 2 aliphatic carbocycles. The fourth-order valence-corrected chi connectivity index (χ4v) is 9.81. The number of rotatable bonds is 12. The average molecular weight is 910 g/mol. The first-order valence-corrected chi connectivity index (χ1v) is 23.1. The molecule has 10 rings (SSSR count). The third-order valence-electron chi connectivity index (χ3n) is 13.6. The summed E-state index contributed by atoms with van der Waals surface area (Å²) in [5, 5.41) is 14.3. The van der Waals surface area contributed by atoms with Crippen LogP contribution in [0.2, 0.25) is 0 Å². The Morgan fingerprint density at radius 3 is 2.46 bits per heavy atom. The van der Waals surface area contributed by atoms with Crippen molar-refractivity contribution in [1.82, 2.24) is 50.0 Å². The Labute approximate surface area is 379 Å². The van der Waals surface area contributed by atoms with Crippen LogP contribution in [0.1, 0.15) is 101 Å². The molecule has 4 aromatic heterocycles. The Hall–Kier alpha value is -5.95. The van der Waals surface area contributed by atoms with E-state index in [4.69, 9.17) is 41.7 Å². The number of piperidine rings is 1. The first-order chi connectivity index (χ1) is 31.4. The number of likely N-dealkylation sites (tertiary alicyclic amines) is 1. The van der Waals surface area contributed by atoms with E-state index < -0.39 is 17.2 Å². The van der Waals surface area contributed by atoms with E-state index in [2.05, 4.69) is 35.6 Å². The number of imide groups is 1. The molecule has 0 spiro atoms. The van der Waals surface area contributed by atoms with Crippen LogP contribution < -0.4 is 21.3 Å². The summed E-state index contributed by atoms with van der Waals surface area (Å²) >= 11 is 6.94. The van der Waals surface area contributed by atoms with Gasteiger partial charge in [0.25, 0.3) is 0 Å². The molecule has 0 radical (unpaired) electrons. The van der Waals surface area contributed by atoms with Crippen LogP contribution in [0.15, 0.2) is 41.4 Å². The maximum Gasteiger partial charge on any atom is 0.411 e. The lowest BCUT2D eigenvalue weighted by molar-refractivity contribution is -0.133. The van der Waals surface area contributed by atoms with E-state index >= 15 is 4.39 Å². The number of alkyl halides is 1. The molecule has 18 nitrogen and oxygen atoms in total. The number of fused-ring (bicyclic) bond motifs is 1. The Balaban J connectivity index is 0.678. The quantitative estimate of drug-likeness (QED) is 0.0938. The van der Waals surface area contributed by atoms with E-state index in [-0.39, 0.29) is 41.9 Å². The Kier molecular flexibility index (Phi) is 11.5. The molecule has 0 bridgehead atoms. The predicted octanol–water partition coefficient (Wildman–Crippen LogP) is 6.21. The summed E-state index contributed by atoms with van der Waals surface area (Å²) in [6.45, 7) is 9.01. The Morgan fingerprint density at radius 1 is 1.02 bits per heavy atom. The minimum Gasteiger partial charge on any atom is -0.427 e. The van der Waals surface area contributed by atoms with Crippen molar-refractivity contribution in [2.45, 2.75) is 101 Å². The van der Waals surface area contributed by atoms with Crippen LogP contribution in [0.3, 0.4) is 0 Å². The van der Waals surface area contributed by atoms with Crippen molar-refractivity contribution < 1.29 is 28.0 Å². The standard InChI is InChI=1S/C45H53ClFN13O5/c1-25(2)60-42-36(40(48)51-24-52-42)37(55-60)38-35(39(65-56-38)27-3-4-27)41-49-20-28(21-50-41)29-22-59(23-29)44(63)64-45(46)12-9-26(10-13-45)11-14-57-15-17-58(18-16-57)33-7-5-30(19-31(33)47)53-32-6-8-34(61)54-43(32)62/h5,7,19-21,24-27,29,32,53H,3-4,6,8-18,22-23H2,1-2H3,(H2,48,51,52)(H,54,61,62). The van der Waals surface area contributed by atoms with Crippen LogP contribution in [-0.2, 0) is 14.3 Å². The number of amides is 3. The van der Waals surface area contributed by atoms with Gasteiger partial charge in [-0.2, -0.15) is 5.10 Å². The molecule has 65 heavy (non-hydrogen) atoms. The monoisotopic (exact) mass is 909 g/mol. The van der Waals surface area contributed by atoms with Gasteiger partial charge in [0.1, 0.15) is 35.4 Å². The molecular weight excluding hydrogens is 857 g/mol. The molecule has 1 atom stereocenters. The van der Waals surface area contributed by atoms with Crippen molar-refractivity contribution in [3.8, 4) is 22.8 Å².